The third-order valence-electron chi connectivity index (χ3n) is 5.24. The standard InChI is InChI=1S/C23H32N6OS2/c1-6-8-14-29-20(19(7-2)28(4)5)26-27-23(29)32-16(3)21(30)25-22-24-18(15-31-22)17-12-10-9-11-13-17/h9-13,15-16,19H,6-8,14H2,1-5H3,(H,24,25,30). The zero-order valence-corrected chi connectivity index (χ0v) is 21.0. The Kier molecular flexibility index (Phi) is 8.84. The second-order valence-corrected chi connectivity index (χ2v) is 10.1. The first-order chi connectivity index (χ1) is 15.4. The molecule has 2 atom stereocenters. The van der Waals surface area contributed by atoms with Crippen LogP contribution in [0.25, 0.3) is 11.3 Å². The molecule has 0 aliphatic heterocycles. The van der Waals surface area contributed by atoms with Gasteiger partial charge in [0.25, 0.3) is 0 Å². The molecule has 0 bridgehead atoms. The Bertz CT molecular complexity index is 1000. The summed E-state index contributed by atoms with van der Waals surface area (Å²) in [5.74, 6) is 0.878. The summed E-state index contributed by atoms with van der Waals surface area (Å²) < 4.78 is 2.18. The number of nitrogens with one attached hydrogen (secondary N) is 1. The first-order valence-corrected chi connectivity index (χ1v) is 12.8. The molecule has 0 radical (unpaired) electrons. The Morgan fingerprint density at radius 1 is 1.22 bits per heavy atom. The molecule has 9 heteroatoms. The van der Waals surface area contributed by atoms with Gasteiger partial charge in [-0.1, -0.05) is 62.4 Å². The van der Waals surface area contributed by atoms with Crippen LogP contribution in [0.1, 0.15) is 51.9 Å². The van der Waals surface area contributed by atoms with Crippen molar-refractivity contribution in [3.05, 3.63) is 41.5 Å². The third-order valence-corrected chi connectivity index (χ3v) is 7.08. The monoisotopic (exact) mass is 472 g/mol. The zero-order valence-electron chi connectivity index (χ0n) is 19.4. The number of hydrogen-bond donors (Lipinski definition) is 1. The van der Waals surface area contributed by atoms with Gasteiger partial charge in [0.15, 0.2) is 16.1 Å². The predicted molar refractivity (Wildman–Crippen MR) is 133 cm³/mol. The lowest BCUT2D eigenvalue weighted by atomic mass is 10.2. The number of unbranched alkanes of at least 4 members (excludes halogenated alkanes) is 1. The number of hydrogen-bond acceptors (Lipinski definition) is 7. The molecular weight excluding hydrogens is 440 g/mol. The van der Waals surface area contributed by atoms with Crippen molar-refractivity contribution in [3.8, 4) is 11.3 Å². The highest BCUT2D eigenvalue weighted by atomic mass is 32.2. The van der Waals surface area contributed by atoms with E-state index >= 15 is 0 Å². The molecule has 2 aromatic heterocycles. The summed E-state index contributed by atoms with van der Waals surface area (Å²) in [6.45, 7) is 7.08. The smallest absolute Gasteiger partial charge is 0.239 e. The van der Waals surface area contributed by atoms with Gasteiger partial charge in [-0.25, -0.2) is 4.98 Å². The van der Waals surface area contributed by atoms with E-state index in [1.807, 2.05) is 42.6 Å². The van der Waals surface area contributed by atoms with Crippen LogP contribution in [0, 0.1) is 0 Å². The van der Waals surface area contributed by atoms with Crippen molar-refractivity contribution >= 4 is 34.1 Å². The minimum absolute atomic E-state index is 0.0878. The molecule has 32 heavy (non-hydrogen) atoms. The summed E-state index contributed by atoms with van der Waals surface area (Å²) >= 11 is 2.88. The lowest BCUT2D eigenvalue weighted by Crippen LogP contribution is -2.24. The SMILES string of the molecule is CCCCn1c(SC(C)C(=O)Nc2nc(-c3ccccc3)cs2)nnc1C(CC)N(C)C. The van der Waals surface area contributed by atoms with Gasteiger partial charge in [-0.05, 0) is 33.9 Å². The van der Waals surface area contributed by atoms with Gasteiger partial charge >= 0.3 is 0 Å². The zero-order chi connectivity index (χ0) is 23.1. The van der Waals surface area contributed by atoms with Crippen LogP contribution in [0.15, 0.2) is 40.9 Å². The van der Waals surface area contributed by atoms with E-state index in [0.717, 1.165) is 48.0 Å². The van der Waals surface area contributed by atoms with Gasteiger partial charge in [0.2, 0.25) is 5.91 Å². The lowest BCUT2D eigenvalue weighted by molar-refractivity contribution is -0.115. The number of thioether (sulfide) groups is 1. The minimum atomic E-state index is -0.323. The molecule has 1 aromatic carbocycles. The van der Waals surface area contributed by atoms with E-state index in [4.69, 9.17) is 0 Å². The molecule has 0 fully saturated rings. The molecular formula is C23H32N6OS2. The molecule has 0 spiro atoms. The van der Waals surface area contributed by atoms with E-state index in [1.54, 1.807) is 0 Å². The molecule has 1 amide bonds. The van der Waals surface area contributed by atoms with E-state index in [1.165, 1.54) is 23.1 Å². The number of thiazole rings is 1. The second kappa shape index (κ2) is 11.6. The number of anilines is 1. The molecule has 2 heterocycles. The van der Waals surface area contributed by atoms with E-state index in [2.05, 4.69) is 57.9 Å². The van der Waals surface area contributed by atoms with Gasteiger partial charge in [-0.15, -0.1) is 21.5 Å². The first kappa shape index (κ1) is 24.4. The largest absolute Gasteiger partial charge is 0.305 e. The highest BCUT2D eigenvalue weighted by Gasteiger charge is 2.25. The van der Waals surface area contributed by atoms with Crippen molar-refractivity contribution in [2.45, 2.75) is 63.0 Å². The molecule has 3 rings (SSSR count). The average molecular weight is 473 g/mol. The maximum absolute atomic E-state index is 12.9. The van der Waals surface area contributed by atoms with Crippen molar-refractivity contribution in [1.82, 2.24) is 24.6 Å². The van der Waals surface area contributed by atoms with Crippen LogP contribution in [0.2, 0.25) is 0 Å². The normalized spacial score (nSPS) is 13.3. The van der Waals surface area contributed by atoms with Crippen LogP contribution in [0.3, 0.4) is 0 Å². The summed E-state index contributed by atoms with van der Waals surface area (Å²) in [5.41, 5.74) is 1.90. The number of benzene rings is 1. The highest BCUT2D eigenvalue weighted by molar-refractivity contribution is 8.00. The Labute approximate surface area is 198 Å². The molecule has 0 saturated heterocycles. The first-order valence-electron chi connectivity index (χ1n) is 11.0. The average Bonchev–Trinajstić information content (AvgIpc) is 3.40. The molecule has 3 aromatic rings. The molecule has 0 aliphatic rings. The Morgan fingerprint density at radius 2 is 1.97 bits per heavy atom. The maximum atomic E-state index is 12.9. The third kappa shape index (κ3) is 5.96. The van der Waals surface area contributed by atoms with Gasteiger partial charge in [-0.2, -0.15) is 0 Å². The molecule has 2 unspecified atom stereocenters. The van der Waals surface area contributed by atoms with Crippen LogP contribution >= 0.6 is 23.1 Å². The van der Waals surface area contributed by atoms with Gasteiger partial charge in [0.05, 0.1) is 17.0 Å². The fourth-order valence-corrected chi connectivity index (χ4v) is 5.03. The molecule has 1 N–H and O–H groups in total. The van der Waals surface area contributed by atoms with E-state index in [0.29, 0.717) is 5.13 Å². The minimum Gasteiger partial charge on any atom is -0.305 e. The molecule has 0 saturated carbocycles. The number of aromatic nitrogens is 4. The highest BCUT2D eigenvalue weighted by Crippen LogP contribution is 2.29. The van der Waals surface area contributed by atoms with Gasteiger partial charge in [0.1, 0.15) is 0 Å². The lowest BCUT2D eigenvalue weighted by Gasteiger charge is -2.23. The quantitative estimate of drug-likeness (QED) is 0.380. The van der Waals surface area contributed by atoms with Crippen molar-refractivity contribution in [3.63, 3.8) is 0 Å². The summed E-state index contributed by atoms with van der Waals surface area (Å²) in [6.07, 6.45) is 3.08. The summed E-state index contributed by atoms with van der Waals surface area (Å²) in [7, 11) is 4.13. The Balaban J connectivity index is 1.71. The van der Waals surface area contributed by atoms with Crippen molar-refractivity contribution in [2.75, 3.05) is 19.4 Å². The summed E-state index contributed by atoms with van der Waals surface area (Å²) in [6, 6.07) is 10.2. The van der Waals surface area contributed by atoms with Crippen LogP contribution in [0.4, 0.5) is 5.13 Å². The number of amides is 1. The summed E-state index contributed by atoms with van der Waals surface area (Å²) in [4.78, 5) is 19.6. The summed E-state index contributed by atoms with van der Waals surface area (Å²) in [5, 5.41) is 14.9. The van der Waals surface area contributed by atoms with Gasteiger partial charge in [-0.3, -0.25) is 9.69 Å². The van der Waals surface area contributed by atoms with E-state index in [9.17, 15) is 4.79 Å². The number of carbonyl (C=O) groups is 1. The Morgan fingerprint density at radius 3 is 2.62 bits per heavy atom. The van der Waals surface area contributed by atoms with Crippen molar-refractivity contribution in [2.24, 2.45) is 0 Å². The molecule has 172 valence electrons. The van der Waals surface area contributed by atoms with Crippen molar-refractivity contribution < 1.29 is 4.79 Å². The van der Waals surface area contributed by atoms with E-state index in [-0.39, 0.29) is 17.2 Å². The van der Waals surface area contributed by atoms with Crippen molar-refractivity contribution in [1.29, 1.82) is 0 Å². The fourth-order valence-electron chi connectivity index (χ4n) is 3.43. The van der Waals surface area contributed by atoms with Crippen LogP contribution < -0.4 is 5.32 Å². The predicted octanol–water partition coefficient (Wildman–Crippen LogP) is 5.33. The van der Waals surface area contributed by atoms with Gasteiger partial charge < -0.3 is 9.88 Å². The van der Waals surface area contributed by atoms with Crippen LogP contribution in [-0.4, -0.2) is 49.9 Å². The number of nitrogens with zero attached hydrogens (tertiary/aromatic N) is 5. The van der Waals surface area contributed by atoms with E-state index < -0.39 is 0 Å². The molecule has 0 aliphatic carbocycles. The topological polar surface area (TPSA) is 75.9 Å². The van der Waals surface area contributed by atoms with Crippen LogP contribution in [0.5, 0.6) is 0 Å². The van der Waals surface area contributed by atoms with Crippen LogP contribution in [-0.2, 0) is 11.3 Å². The van der Waals surface area contributed by atoms with Gasteiger partial charge in [0, 0.05) is 17.5 Å². The number of carbonyl (C=O) groups excluding carboxylic acids is 1. The molecule has 7 nitrogen and oxygen atoms in total. The number of rotatable bonds is 11. The fraction of sp³-hybridized carbons (Fsp3) is 0.478. The maximum Gasteiger partial charge on any atom is 0.239 e. The Hall–Kier alpha value is -2.23. The second-order valence-electron chi connectivity index (χ2n) is 7.89.